The van der Waals surface area contributed by atoms with Crippen LogP contribution < -0.4 is 5.73 Å². The Hall–Kier alpha value is -0.120. The lowest BCUT2D eigenvalue weighted by Gasteiger charge is -2.42. The molecular formula is C13H29NO2. The van der Waals surface area contributed by atoms with Crippen LogP contribution in [0.2, 0.25) is 0 Å². The van der Waals surface area contributed by atoms with E-state index in [-0.39, 0.29) is 29.3 Å². The lowest BCUT2D eigenvalue weighted by Crippen LogP contribution is -2.47. The molecule has 2 atom stereocenters. The van der Waals surface area contributed by atoms with Gasteiger partial charge in [0, 0.05) is 7.11 Å². The van der Waals surface area contributed by atoms with Crippen LogP contribution in [0.4, 0.5) is 0 Å². The van der Waals surface area contributed by atoms with E-state index in [9.17, 15) is 0 Å². The first-order valence-corrected chi connectivity index (χ1v) is 5.94. The first-order chi connectivity index (χ1) is 7.00. The van der Waals surface area contributed by atoms with Crippen LogP contribution >= 0.6 is 0 Å². The molecule has 3 nitrogen and oxygen atoms in total. The van der Waals surface area contributed by atoms with Crippen molar-refractivity contribution >= 4 is 0 Å². The summed E-state index contributed by atoms with van der Waals surface area (Å²) in [5.41, 5.74) is 5.95. The number of hydrogen-bond acceptors (Lipinski definition) is 3. The summed E-state index contributed by atoms with van der Waals surface area (Å²) in [6.45, 7) is 15.0. The number of nitrogens with two attached hydrogens (primary N) is 1. The van der Waals surface area contributed by atoms with Gasteiger partial charge in [0.2, 0.25) is 0 Å². The molecule has 0 rings (SSSR count). The molecule has 0 spiro atoms. The van der Waals surface area contributed by atoms with Gasteiger partial charge in [0.05, 0.1) is 12.1 Å². The first kappa shape index (κ1) is 15.9. The molecule has 3 heteroatoms. The molecule has 16 heavy (non-hydrogen) atoms. The van der Waals surface area contributed by atoms with Crippen LogP contribution in [-0.4, -0.2) is 25.5 Å². The third-order valence-electron chi connectivity index (χ3n) is 2.50. The van der Waals surface area contributed by atoms with Gasteiger partial charge < -0.3 is 15.2 Å². The quantitative estimate of drug-likeness (QED) is 0.757. The molecule has 0 aromatic rings. The average Bonchev–Trinajstić information content (AvgIpc) is 1.99. The molecule has 0 aromatic heterocycles. The van der Waals surface area contributed by atoms with Crippen molar-refractivity contribution in [1.82, 2.24) is 0 Å². The van der Waals surface area contributed by atoms with Gasteiger partial charge in [-0.2, -0.15) is 0 Å². The number of rotatable bonds is 4. The van der Waals surface area contributed by atoms with E-state index in [0.717, 1.165) is 0 Å². The zero-order chi connectivity index (χ0) is 13.1. The molecule has 0 aliphatic rings. The molecule has 0 fully saturated rings. The number of ether oxygens (including phenoxy) is 2. The largest absolute Gasteiger partial charge is 0.354 e. The summed E-state index contributed by atoms with van der Waals surface area (Å²) in [7, 11) is 1.64. The predicted molar refractivity (Wildman–Crippen MR) is 68.2 cm³/mol. The molecule has 2 unspecified atom stereocenters. The van der Waals surface area contributed by atoms with Crippen molar-refractivity contribution in [2.45, 2.75) is 66.9 Å². The highest BCUT2D eigenvalue weighted by molar-refractivity contribution is 4.86. The van der Waals surface area contributed by atoms with E-state index in [0.29, 0.717) is 0 Å². The SMILES string of the molecule is COC(OC(C(C)(C)C)C(C)(C)C)C(C)N. The minimum atomic E-state index is -0.344. The van der Waals surface area contributed by atoms with Crippen LogP contribution in [-0.2, 0) is 9.47 Å². The highest BCUT2D eigenvalue weighted by Gasteiger charge is 2.38. The van der Waals surface area contributed by atoms with E-state index in [1.807, 2.05) is 6.92 Å². The highest BCUT2D eigenvalue weighted by Crippen LogP contribution is 2.36. The van der Waals surface area contributed by atoms with E-state index in [1.54, 1.807) is 7.11 Å². The monoisotopic (exact) mass is 231 g/mol. The summed E-state index contributed by atoms with van der Waals surface area (Å²) in [5.74, 6) is 0. The fourth-order valence-electron chi connectivity index (χ4n) is 2.24. The van der Waals surface area contributed by atoms with Crippen molar-refractivity contribution in [1.29, 1.82) is 0 Å². The summed E-state index contributed by atoms with van der Waals surface area (Å²) in [6.07, 6.45) is -0.251. The van der Waals surface area contributed by atoms with Crippen molar-refractivity contribution < 1.29 is 9.47 Å². The van der Waals surface area contributed by atoms with E-state index in [4.69, 9.17) is 15.2 Å². The Morgan fingerprint density at radius 3 is 1.50 bits per heavy atom. The Balaban J connectivity index is 4.82. The molecule has 0 aliphatic carbocycles. The van der Waals surface area contributed by atoms with Crippen molar-refractivity contribution in [2.24, 2.45) is 16.6 Å². The fourth-order valence-corrected chi connectivity index (χ4v) is 2.24. The molecule has 2 N–H and O–H groups in total. The lowest BCUT2D eigenvalue weighted by atomic mass is 9.74. The van der Waals surface area contributed by atoms with E-state index in [1.165, 1.54) is 0 Å². The summed E-state index contributed by atoms with van der Waals surface area (Å²) in [6, 6.07) is -0.128. The molecule has 0 amide bonds. The summed E-state index contributed by atoms with van der Waals surface area (Å²) >= 11 is 0. The summed E-state index contributed by atoms with van der Waals surface area (Å²) in [5, 5.41) is 0. The third kappa shape index (κ3) is 4.81. The van der Waals surface area contributed by atoms with Gasteiger partial charge in [0.15, 0.2) is 6.29 Å². The number of hydrogen-bond donors (Lipinski definition) is 1. The van der Waals surface area contributed by atoms with Gasteiger partial charge >= 0.3 is 0 Å². The van der Waals surface area contributed by atoms with Crippen LogP contribution in [0.25, 0.3) is 0 Å². The second kappa shape index (κ2) is 5.48. The van der Waals surface area contributed by atoms with Gasteiger partial charge in [-0.25, -0.2) is 0 Å². The standard InChI is InChI=1S/C13H29NO2/c1-9(14)10(15-8)16-11(12(2,3)4)13(5,6)7/h9-11H,14H2,1-8H3. The minimum Gasteiger partial charge on any atom is -0.354 e. The molecule has 98 valence electrons. The van der Waals surface area contributed by atoms with Crippen molar-refractivity contribution in [2.75, 3.05) is 7.11 Å². The van der Waals surface area contributed by atoms with Gasteiger partial charge in [0.25, 0.3) is 0 Å². The third-order valence-corrected chi connectivity index (χ3v) is 2.50. The molecule has 0 bridgehead atoms. The smallest absolute Gasteiger partial charge is 0.172 e. The van der Waals surface area contributed by atoms with Crippen LogP contribution in [0.3, 0.4) is 0 Å². The second-order valence-corrected chi connectivity index (χ2v) is 6.71. The van der Waals surface area contributed by atoms with E-state index >= 15 is 0 Å². The minimum absolute atomic E-state index is 0.0594. The topological polar surface area (TPSA) is 44.5 Å². The second-order valence-electron chi connectivity index (χ2n) is 6.71. The van der Waals surface area contributed by atoms with Crippen LogP contribution in [0.5, 0.6) is 0 Å². The summed E-state index contributed by atoms with van der Waals surface area (Å²) < 4.78 is 11.3. The van der Waals surface area contributed by atoms with Gasteiger partial charge in [-0.05, 0) is 17.8 Å². The summed E-state index contributed by atoms with van der Waals surface area (Å²) in [4.78, 5) is 0. The first-order valence-electron chi connectivity index (χ1n) is 5.94. The Bertz CT molecular complexity index is 187. The van der Waals surface area contributed by atoms with E-state index in [2.05, 4.69) is 41.5 Å². The molecular weight excluding hydrogens is 202 g/mol. The molecule has 0 aliphatic heterocycles. The van der Waals surface area contributed by atoms with Gasteiger partial charge in [-0.3, -0.25) is 0 Å². The van der Waals surface area contributed by atoms with Gasteiger partial charge in [-0.15, -0.1) is 0 Å². The molecule has 0 aromatic carbocycles. The molecule has 0 saturated heterocycles. The highest BCUT2D eigenvalue weighted by atomic mass is 16.7. The Morgan fingerprint density at radius 1 is 0.938 bits per heavy atom. The van der Waals surface area contributed by atoms with Gasteiger partial charge in [-0.1, -0.05) is 41.5 Å². The maximum absolute atomic E-state index is 6.04. The normalized spacial score (nSPS) is 17.6. The molecule has 0 radical (unpaired) electrons. The van der Waals surface area contributed by atoms with Crippen molar-refractivity contribution in [3.8, 4) is 0 Å². The predicted octanol–water partition coefficient (Wildman–Crippen LogP) is 2.78. The maximum atomic E-state index is 6.04. The Morgan fingerprint density at radius 2 is 1.31 bits per heavy atom. The Labute approximate surface area is 101 Å². The maximum Gasteiger partial charge on any atom is 0.172 e. The van der Waals surface area contributed by atoms with Crippen LogP contribution in [0, 0.1) is 10.8 Å². The zero-order valence-corrected chi connectivity index (χ0v) is 12.1. The van der Waals surface area contributed by atoms with Crippen molar-refractivity contribution in [3.63, 3.8) is 0 Å². The van der Waals surface area contributed by atoms with Crippen molar-refractivity contribution in [3.05, 3.63) is 0 Å². The van der Waals surface area contributed by atoms with Crippen LogP contribution in [0.15, 0.2) is 0 Å². The average molecular weight is 231 g/mol. The van der Waals surface area contributed by atoms with Crippen LogP contribution in [0.1, 0.15) is 48.5 Å². The van der Waals surface area contributed by atoms with Gasteiger partial charge in [0.1, 0.15) is 0 Å². The zero-order valence-electron chi connectivity index (χ0n) is 12.1. The Kier molecular flexibility index (Phi) is 5.44. The number of methoxy groups -OCH3 is 1. The molecule has 0 saturated carbocycles. The van der Waals surface area contributed by atoms with E-state index < -0.39 is 0 Å². The fraction of sp³-hybridized carbons (Fsp3) is 1.00. The molecule has 0 heterocycles. The lowest BCUT2D eigenvalue weighted by molar-refractivity contribution is -0.213.